The molecule has 2 heterocycles. The standard InChI is InChI=1S/2C13H15NO.Mn/c2*1-2-3-6-11-9-8-10-5-4-7-12(15)13(10)14-11;/h2*4-5,7-9,15H,2-3,6H2,1H3;/q;;+2/p-2. The Bertz CT molecular complexity index is 1030. The molecule has 1 radical (unpaired) electrons. The molecule has 0 atom stereocenters. The molecule has 0 fully saturated rings. The summed E-state index contributed by atoms with van der Waals surface area (Å²) in [5.74, 6) is 0.0386. The molecule has 0 spiro atoms. The fraction of sp³-hybridized carbons (Fsp3) is 0.308. The van der Waals surface area contributed by atoms with Crippen LogP contribution in [0.2, 0.25) is 0 Å². The summed E-state index contributed by atoms with van der Waals surface area (Å²) in [6.07, 6.45) is 6.47. The van der Waals surface area contributed by atoms with Gasteiger partial charge in [0.15, 0.2) is 0 Å². The molecule has 0 bridgehead atoms. The van der Waals surface area contributed by atoms with Gasteiger partial charge in [0.05, 0.1) is 11.0 Å². The predicted molar refractivity (Wildman–Crippen MR) is 120 cm³/mol. The maximum absolute atomic E-state index is 11.5. The van der Waals surface area contributed by atoms with Crippen molar-refractivity contribution >= 4 is 21.8 Å². The van der Waals surface area contributed by atoms with Crippen molar-refractivity contribution in [2.45, 2.75) is 52.4 Å². The van der Waals surface area contributed by atoms with E-state index in [1.54, 1.807) is 24.3 Å². The van der Waals surface area contributed by atoms with E-state index in [0.717, 1.165) is 60.7 Å². The molecule has 4 rings (SSSR count). The van der Waals surface area contributed by atoms with Crippen LogP contribution < -0.4 is 10.2 Å². The zero-order chi connectivity index (χ0) is 21.3. The van der Waals surface area contributed by atoms with Crippen molar-refractivity contribution in [1.82, 2.24) is 9.97 Å². The minimum Gasteiger partial charge on any atom is -0.871 e. The van der Waals surface area contributed by atoms with E-state index in [2.05, 4.69) is 23.8 Å². The van der Waals surface area contributed by atoms with Crippen molar-refractivity contribution < 1.29 is 27.3 Å². The molecule has 4 nitrogen and oxygen atoms in total. The van der Waals surface area contributed by atoms with Crippen LogP contribution in [0.5, 0.6) is 11.5 Å². The zero-order valence-corrected chi connectivity index (χ0v) is 19.3. The van der Waals surface area contributed by atoms with E-state index in [-0.39, 0.29) is 28.6 Å². The van der Waals surface area contributed by atoms with Crippen LogP contribution in [0.3, 0.4) is 0 Å². The zero-order valence-electron chi connectivity index (χ0n) is 18.1. The Balaban J connectivity index is 0.000000213. The third-order valence-electron chi connectivity index (χ3n) is 5.05. The second-order valence-corrected chi connectivity index (χ2v) is 7.47. The first-order valence-electron chi connectivity index (χ1n) is 10.7. The number of aromatic nitrogens is 2. The Morgan fingerprint density at radius 2 is 1.03 bits per heavy atom. The van der Waals surface area contributed by atoms with Crippen LogP contribution in [0.4, 0.5) is 0 Å². The van der Waals surface area contributed by atoms with Gasteiger partial charge in [0.1, 0.15) is 0 Å². The number of nitrogens with zero attached hydrogens (tertiary/aromatic N) is 2. The summed E-state index contributed by atoms with van der Waals surface area (Å²) in [4.78, 5) is 8.80. The van der Waals surface area contributed by atoms with Crippen LogP contribution in [0, 0.1) is 0 Å². The number of rotatable bonds is 6. The molecule has 161 valence electrons. The Labute approximate surface area is 194 Å². The van der Waals surface area contributed by atoms with E-state index in [4.69, 9.17) is 0 Å². The van der Waals surface area contributed by atoms with E-state index in [0.29, 0.717) is 11.0 Å². The van der Waals surface area contributed by atoms with Crippen LogP contribution in [-0.2, 0) is 29.9 Å². The maximum Gasteiger partial charge on any atom is 2.00 e. The first kappa shape index (κ1) is 24.6. The van der Waals surface area contributed by atoms with Gasteiger partial charge in [-0.25, -0.2) is 0 Å². The Morgan fingerprint density at radius 1 is 0.613 bits per heavy atom. The molecule has 0 saturated carbocycles. The molecule has 5 heteroatoms. The third kappa shape index (κ3) is 6.68. The molecule has 31 heavy (non-hydrogen) atoms. The second kappa shape index (κ2) is 12.3. The van der Waals surface area contributed by atoms with E-state index in [1.807, 2.05) is 36.4 Å². The largest absolute Gasteiger partial charge is 2.00 e. The molecule has 2 aromatic carbocycles. The first-order valence-corrected chi connectivity index (χ1v) is 10.7. The van der Waals surface area contributed by atoms with Crippen LogP contribution in [0.15, 0.2) is 60.7 Å². The Kier molecular flexibility index (Phi) is 9.77. The molecule has 0 N–H and O–H groups in total. The first-order chi connectivity index (χ1) is 14.6. The summed E-state index contributed by atoms with van der Waals surface area (Å²) < 4.78 is 0. The van der Waals surface area contributed by atoms with E-state index < -0.39 is 0 Å². The number of pyridine rings is 2. The molecular weight excluding hydrogens is 427 g/mol. The average molecular weight is 455 g/mol. The minimum atomic E-state index is 0. The van der Waals surface area contributed by atoms with Gasteiger partial charge < -0.3 is 10.2 Å². The van der Waals surface area contributed by atoms with Crippen molar-refractivity contribution in [2.75, 3.05) is 0 Å². The number of fused-ring (bicyclic) bond motifs is 2. The van der Waals surface area contributed by atoms with Gasteiger partial charge in [-0.3, -0.25) is 9.97 Å². The summed E-state index contributed by atoms with van der Waals surface area (Å²) in [5.41, 5.74) is 3.25. The van der Waals surface area contributed by atoms with E-state index in [9.17, 15) is 10.2 Å². The maximum atomic E-state index is 11.5. The van der Waals surface area contributed by atoms with Gasteiger partial charge in [0.2, 0.25) is 0 Å². The second-order valence-electron chi connectivity index (χ2n) is 7.47. The van der Waals surface area contributed by atoms with Crippen molar-refractivity contribution in [2.24, 2.45) is 0 Å². The fourth-order valence-corrected chi connectivity index (χ4v) is 3.31. The predicted octanol–water partition coefficient (Wildman–Crippen LogP) is 5.30. The molecule has 0 aliphatic heterocycles. The van der Waals surface area contributed by atoms with Crippen LogP contribution in [0.1, 0.15) is 50.9 Å². The summed E-state index contributed by atoms with van der Waals surface area (Å²) >= 11 is 0. The van der Waals surface area contributed by atoms with Crippen molar-refractivity contribution in [3.05, 3.63) is 72.1 Å². The Morgan fingerprint density at radius 3 is 1.42 bits per heavy atom. The minimum absolute atomic E-state index is 0. The van der Waals surface area contributed by atoms with Crippen LogP contribution in [0.25, 0.3) is 21.8 Å². The normalized spacial score (nSPS) is 10.4. The number of hydrogen-bond acceptors (Lipinski definition) is 4. The topological polar surface area (TPSA) is 71.9 Å². The molecule has 0 aliphatic carbocycles. The van der Waals surface area contributed by atoms with Gasteiger partial charge in [0.25, 0.3) is 0 Å². The molecule has 0 aliphatic rings. The summed E-state index contributed by atoms with van der Waals surface area (Å²) in [5, 5.41) is 25.0. The van der Waals surface area contributed by atoms with Crippen molar-refractivity contribution in [1.29, 1.82) is 0 Å². The van der Waals surface area contributed by atoms with Gasteiger partial charge in [-0.05, 0) is 48.6 Å². The van der Waals surface area contributed by atoms with Crippen molar-refractivity contribution in [3.8, 4) is 11.5 Å². The molecule has 2 aromatic heterocycles. The smallest absolute Gasteiger partial charge is 0.871 e. The van der Waals surface area contributed by atoms with Gasteiger partial charge >= 0.3 is 17.1 Å². The summed E-state index contributed by atoms with van der Waals surface area (Å²) in [7, 11) is 0. The SMILES string of the molecule is CCCCc1ccc2cccc([O-])c2n1.CCCCc1ccc2cccc([O-])c2n1.[Mn+2]. The number of hydrogen-bond donors (Lipinski definition) is 0. The number of unbranched alkanes of at least 4 members (excludes halogenated alkanes) is 2. The fourth-order valence-electron chi connectivity index (χ4n) is 3.31. The van der Waals surface area contributed by atoms with E-state index in [1.165, 1.54) is 0 Å². The van der Waals surface area contributed by atoms with E-state index >= 15 is 0 Å². The quantitative estimate of drug-likeness (QED) is 0.370. The number of aryl methyl sites for hydroxylation is 2. The van der Waals surface area contributed by atoms with Crippen LogP contribution >= 0.6 is 0 Å². The Hall–Kier alpha value is -2.62. The molecule has 4 aromatic rings. The number of benzene rings is 2. The number of para-hydroxylation sites is 2. The molecule has 0 amide bonds. The van der Waals surface area contributed by atoms with Gasteiger partial charge in [-0.15, -0.1) is 0 Å². The van der Waals surface area contributed by atoms with Crippen molar-refractivity contribution in [3.63, 3.8) is 0 Å². The van der Waals surface area contributed by atoms with Gasteiger partial charge in [-0.1, -0.05) is 86.7 Å². The van der Waals surface area contributed by atoms with Crippen LogP contribution in [-0.4, -0.2) is 9.97 Å². The summed E-state index contributed by atoms with van der Waals surface area (Å²) in [6.45, 7) is 4.31. The van der Waals surface area contributed by atoms with Gasteiger partial charge in [-0.2, -0.15) is 0 Å². The molecule has 0 unspecified atom stereocenters. The molecular formula is C26H28MnN2O2. The average Bonchev–Trinajstić information content (AvgIpc) is 2.77. The summed E-state index contributed by atoms with van der Waals surface area (Å²) in [6, 6.07) is 18.5. The van der Waals surface area contributed by atoms with Gasteiger partial charge in [0, 0.05) is 11.4 Å². The molecule has 0 saturated heterocycles. The monoisotopic (exact) mass is 455 g/mol. The third-order valence-corrected chi connectivity index (χ3v) is 5.05.